The Kier molecular flexibility index (Phi) is 7.70. The number of ether oxygens (including phenoxy) is 2. The molecule has 0 spiro atoms. The minimum Gasteiger partial charge on any atom is -0.493 e. The Morgan fingerprint density at radius 2 is 1.82 bits per heavy atom. The molecular weight excluding hydrogens is 428 g/mol. The number of carbonyl (C=O) groups excluding carboxylic acids is 2. The van der Waals surface area contributed by atoms with E-state index in [1.165, 1.54) is 13.2 Å². The number of amides is 2. The smallest absolute Gasteiger partial charge is 0.271 e. The molecule has 1 fully saturated rings. The lowest BCUT2D eigenvalue weighted by Crippen LogP contribution is -2.48. The summed E-state index contributed by atoms with van der Waals surface area (Å²) < 4.78 is 10.9. The summed E-state index contributed by atoms with van der Waals surface area (Å²) in [6.07, 6.45) is 0. The number of methoxy groups -OCH3 is 1. The Hall–Kier alpha value is -3.82. The van der Waals surface area contributed by atoms with Gasteiger partial charge in [0, 0.05) is 55.6 Å². The summed E-state index contributed by atoms with van der Waals surface area (Å²) in [6.45, 7) is 5.67. The Bertz CT molecular complexity index is 1020. The third-order valence-electron chi connectivity index (χ3n) is 5.19. The molecule has 10 nitrogen and oxygen atoms in total. The molecule has 1 saturated heterocycles. The van der Waals surface area contributed by atoms with Crippen LogP contribution in [-0.4, -0.2) is 67.6 Å². The highest BCUT2D eigenvalue weighted by Crippen LogP contribution is 2.29. The molecule has 2 aromatic rings. The second-order valence-electron chi connectivity index (χ2n) is 7.93. The van der Waals surface area contributed by atoms with Gasteiger partial charge in [0.15, 0.2) is 18.1 Å². The third-order valence-corrected chi connectivity index (χ3v) is 5.19. The average Bonchev–Trinajstić information content (AvgIpc) is 2.82. The fraction of sp³-hybridized carbons (Fsp3) is 0.391. The molecule has 0 bridgehead atoms. The molecule has 0 aliphatic carbocycles. The summed E-state index contributed by atoms with van der Waals surface area (Å²) >= 11 is 0. The molecule has 0 radical (unpaired) electrons. The highest BCUT2D eigenvalue weighted by Gasteiger charge is 2.24. The predicted molar refractivity (Wildman–Crippen MR) is 123 cm³/mol. The maximum absolute atomic E-state index is 13.0. The minimum atomic E-state index is -0.416. The van der Waals surface area contributed by atoms with Crippen molar-refractivity contribution in [1.29, 1.82) is 0 Å². The number of nitro groups is 1. The first-order valence-corrected chi connectivity index (χ1v) is 10.7. The second-order valence-corrected chi connectivity index (χ2v) is 7.93. The normalized spacial score (nSPS) is 13.6. The van der Waals surface area contributed by atoms with E-state index in [0.717, 1.165) is 5.69 Å². The number of non-ortho nitro benzene ring substituents is 1. The van der Waals surface area contributed by atoms with Gasteiger partial charge >= 0.3 is 0 Å². The van der Waals surface area contributed by atoms with Gasteiger partial charge in [-0.05, 0) is 38.1 Å². The van der Waals surface area contributed by atoms with Gasteiger partial charge in [0.2, 0.25) is 0 Å². The lowest BCUT2D eigenvalue weighted by Gasteiger charge is -2.36. The van der Waals surface area contributed by atoms with Gasteiger partial charge in [-0.25, -0.2) is 0 Å². The van der Waals surface area contributed by atoms with Crippen molar-refractivity contribution in [2.45, 2.75) is 19.9 Å². The van der Waals surface area contributed by atoms with E-state index >= 15 is 0 Å². The topological polar surface area (TPSA) is 114 Å². The third kappa shape index (κ3) is 6.12. The molecule has 0 aromatic heterocycles. The van der Waals surface area contributed by atoms with Crippen LogP contribution in [0.15, 0.2) is 42.5 Å². The van der Waals surface area contributed by atoms with Crippen LogP contribution in [0.2, 0.25) is 0 Å². The molecule has 2 aromatic carbocycles. The number of benzene rings is 2. The lowest BCUT2D eigenvalue weighted by molar-refractivity contribution is -0.384. The van der Waals surface area contributed by atoms with Gasteiger partial charge in [0.25, 0.3) is 17.5 Å². The summed E-state index contributed by atoms with van der Waals surface area (Å²) in [6, 6.07) is 11.4. The summed E-state index contributed by atoms with van der Waals surface area (Å²) in [5.41, 5.74) is 1.26. The summed E-state index contributed by atoms with van der Waals surface area (Å²) in [5, 5.41) is 13.8. The van der Waals surface area contributed by atoms with E-state index < -0.39 is 4.92 Å². The van der Waals surface area contributed by atoms with E-state index in [-0.39, 0.29) is 30.2 Å². The first kappa shape index (κ1) is 23.8. The van der Waals surface area contributed by atoms with Gasteiger partial charge in [-0.2, -0.15) is 0 Å². The molecule has 1 N–H and O–H groups in total. The zero-order valence-corrected chi connectivity index (χ0v) is 18.9. The number of nitrogens with one attached hydrogen (secondary N) is 1. The van der Waals surface area contributed by atoms with Gasteiger partial charge in [-0.3, -0.25) is 19.7 Å². The minimum absolute atomic E-state index is 0.0143. The zero-order valence-electron chi connectivity index (χ0n) is 18.9. The Morgan fingerprint density at radius 3 is 2.45 bits per heavy atom. The van der Waals surface area contributed by atoms with Crippen molar-refractivity contribution in [2.75, 3.05) is 44.8 Å². The highest BCUT2D eigenvalue weighted by molar-refractivity contribution is 5.95. The Balaban J connectivity index is 1.61. The van der Waals surface area contributed by atoms with E-state index in [1.54, 1.807) is 35.2 Å². The number of anilines is 1. The first-order chi connectivity index (χ1) is 15.8. The lowest BCUT2D eigenvalue weighted by atomic mass is 10.1. The van der Waals surface area contributed by atoms with E-state index in [4.69, 9.17) is 9.47 Å². The highest BCUT2D eigenvalue weighted by atomic mass is 16.6. The van der Waals surface area contributed by atoms with Gasteiger partial charge in [-0.15, -0.1) is 0 Å². The Morgan fingerprint density at radius 1 is 1.09 bits per heavy atom. The van der Waals surface area contributed by atoms with Crippen LogP contribution in [0.1, 0.15) is 24.2 Å². The van der Waals surface area contributed by atoms with Crippen molar-refractivity contribution in [2.24, 2.45) is 0 Å². The largest absolute Gasteiger partial charge is 0.493 e. The molecule has 2 amide bonds. The van der Waals surface area contributed by atoms with Crippen LogP contribution in [0.4, 0.5) is 11.4 Å². The van der Waals surface area contributed by atoms with Crippen molar-refractivity contribution in [3.05, 3.63) is 58.1 Å². The monoisotopic (exact) mass is 456 g/mol. The maximum atomic E-state index is 13.0. The number of hydrogen-bond acceptors (Lipinski definition) is 7. The van der Waals surface area contributed by atoms with Crippen molar-refractivity contribution in [1.82, 2.24) is 10.2 Å². The van der Waals surface area contributed by atoms with Crippen LogP contribution >= 0.6 is 0 Å². The molecule has 1 heterocycles. The van der Waals surface area contributed by atoms with E-state index in [0.29, 0.717) is 43.2 Å². The first-order valence-electron chi connectivity index (χ1n) is 10.7. The van der Waals surface area contributed by atoms with Crippen LogP contribution in [0, 0.1) is 10.1 Å². The predicted octanol–water partition coefficient (Wildman–Crippen LogP) is 2.47. The molecule has 0 atom stereocenters. The van der Waals surface area contributed by atoms with Crippen molar-refractivity contribution >= 4 is 23.2 Å². The quantitative estimate of drug-likeness (QED) is 0.479. The number of nitro benzene ring substituents is 1. The van der Waals surface area contributed by atoms with Crippen molar-refractivity contribution < 1.29 is 24.0 Å². The standard InChI is InChI=1S/C23H28N4O6/c1-16(2)24-22(28)15-33-20-8-7-17(13-21(20)32-3)23(29)26-11-9-25(10-12-26)18-5-4-6-19(14-18)27(30)31/h4-8,13-14,16H,9-12,15H2,1-3H3,(H,24,28). The van der Waals surface area contributed by atoms with Crippen molar-refractivity contribution in [3.63, 3.8) is 0 Å². The molecule has 0 saturated carbocycles. The number of rotatable bonds is 8. The second kappa shape index (κ2) is 10.7. The summed E-state index contributed by atoms with van der Waals surface area (Å²) in [4.78, 5) is 39.2. The SMILES string of the molecule is COc1cc(C(=O)N2CCN(c3cccc([N+](=O)[O-])c3)CC2)ccc1OCC(=O)NC(C)C. The van der Waals surface area contributed by atoms with Crippen LogP contribution in [0.25, 0.3) is 0 Å². The summed E-state index contributed by atoms with van der Waals surface area (Å²) in [5.74, 6) is 0.363. The van der Waals surface area contributed by atoms with E-state index in [1.807, 2.05) is 24.8 Å². The molecule has 0 unspecified atom stereocenters. The number of hydrogen-bond donors (Lipinski definition) is 1. The number of piperazine rings is 1. The molecule has 10 heteroatoms. The molecule has 1 aliphatic rings. The van der Waals surface area contributed by atoms with Gasteiger partial charge in [0.1, 0.15) is 0 Å². The van der Waals surface area contributed by atoms with Crippen LogP contribution in [0.3, 0.4) is 0 Å². The van der Waals surface area contributed by atoms with Gasteiger partial charge in [0.05, 0.1) is 12.0 Å². The van der Waals surface area contributed by atoms with E-state index in [2.05, 4.69) is 5.32 Å². The van der Waals surface area contributed by atoms with Crippen LogP contribution < -0.4 is 19.7 Å². The number of carbonyl (C=O) groups is 2. The van der Waals surface area contributed by atoms with Crippen LogP contribution in [0.5, 0.6) is 11.5 Å². The molecular formula is C23H28N4O6. The Labute approximate surface area is 192 Å². The fourth-order valence-corrected chi connectivity index (χ4v) is 3.58. The average molecular weight is 456 g/mol. The fourth-order valence-electron chi connectivity index (χ4n) is 3.58. The van der Waals surface area contributed by atoms with E-state index in [9.17, 15) is 19.7 Å². The van der Waals surface area contributed by atoms with Gasteiger partial charge in [-0.1, -0.05) is 6.07 Å². The molecule has 3 rings (SSSR count). The van der Waals surface area contributed by atoms with Gasteiger partial charge < -0.3 is 24.6 Å². The molecule has 1 aliphatic heterocycles. The summed E-state index contributed by atoms with van der Waals surface area (Å²) in [7, 11) is 1.47. The number of nitrogens with zero attached hydrogens (tertiary/aromatic N) is 3. The van der Waals surface area contributed by atoms with Crippen molar-refractivity contribution in [3.8, 4) is 11.5 Å². The zero-order chi connectivity index (χ0) is 24.0. The molecule has 33 heavy (non-hydrogen) atoms. The van der Waals surface area contributed by atoms with Crippen LogP contribution in [-0.2, 0) is 4.79 Å². The molecule has 176 valence electrons. The maximum Gasteiger partial charge on any atom is 0.271 e.